The predicted molar refractivity (Wildman–Crippen MR) is 140 cm³/mol. The quantitative estimate of drug-likeness (QED) is 0.538. The number of benzene rings is 1. The summed E-state index contributed by atoms with van der Waals surface area (Å²) in [4.78, 5) is 13.9. The van der Waals surface area contributed by atoms with Crippen LogP contribution >= 0.6 is 0 Å². The zero-order chi connectivity index (χ0) is 25.6. The van der Waals surface area contributed by atoms with Crippen LogP contribution in [-0.4, -0.2) is 101 Å². The molecule has 198 valence electrons. The van der Waals surface area contributed by atoms with Gasteiger partial charge in [0.15, 0.2) is 5.82 Å². The van der Waals surface area contributed by atoms with Crippen LogP contribution in [-0.2, 0) is 9.47 Å². The van der Waals surface area contributed by atoms with Crippen molar-refractivity contribution in [3.8, 4) is 11.8 Å². The Morgan fingerprint density at radius 1 is 1.11 bits per heavy atom. The van der Waals surface area contributed by atoms with Crippen molar-refractivity contribution in [2.75, 3.05) is 64.6 Å². The summed E-state index contributed by atoms with van der Waals surface area (Å²) >= 11 is 0. The fraction of sp³-hybridized carbons (Fsp3) is 0.593. The number of aromatic nitrogens is 4. The second-order valence-electron chi connectivity index (χ2n) is 10.8. The van der Waals surface area contributed by atoms with Crippen LogP contribution in [0.15, 0.2) is 24.4 Å². The third-order valence-corrected chi connectivity index (χ3v) is 8.22. The van der Waals surface area contributed by atoms with Gasteiger partial charge in [-0.1, -0.05) is 0 Å². The molecule has 2 aromatic heterocycles. The number of likely N-dealkylation sites (tertiary alicyclic amines) is 1. The molecular weight excluding hydrogens is 472 g/mol. The van der Waals surface area contributed by atoms with E-state index in [0.29, 0.717) is 31.4 Å². The van der Waals surface area contributed by atoms with Gasteiger partial charge in [0.1, 0.15) is 5.82 Å². The molecule has 1 N–H and O–H groups in total. The van der Waals surface area contributed by atoms with Crippen molar-refractivity contribution in [2.45, 2.75) is 44.2 Å². The number of piperidine rings is 1. The van der Waals surface area contributed by atoms with E-state index in [0.717, 1.165) is 55.9 Å². The van der Waals surface area contributed by atoms with Gasteiger partial charge in [0.25, 0.3) is 0 Å². The van der Waals surface area contributed by atoms with E-state index in [1.807, 2.05) is 16.9 Å². The molecule has 3 aliphatic heterocycles. The lowest BCUT2D eigenvalue weighted by Gasteiger charge is -2.50. The second kappa shape index (κ2) is 9.83. The highest BCUT2D eigenvalue weighted by molar-refractivity contribution is 5.82. The molecule has 3 aromatic rings. The van der Waals surface area contributed by atoms with Crippen LogP contribution in [0.4, 0.5) is 5.82 Å². The van der Waals surface area contributed by atoms with Crippen molar-refractivity contribution < 1.29 is 19.3 Å². The molecule has 0 saturated carbocycles. The molecule has 5 heterocycles. The Hall–Kier alpha value is -2.79. The van der Waals surface area contributed by atoms with Gasteiger partial charge in [-0.25, -0.2) is 4.68 Å². The van der Waals surface area contributed by atoms with E-state index in [4.69, 9.17) is 19.3 Å². The fourth-order valence-corrected chi connectivity index (χ4v) is 5.94. The number of anilines is 1. The summed E-state index contributed by atoms with van der Waals surface area (Å²) < 4.78 is 18.5. The van der Waals surface area contributed by atoms with Gasteiger partial charge in [-0.15, -0.1) is 0 Å². The van der Waals surface area contributed by atoms with Gasteiger partial charge >= 0.3 is 6.01 Å². The molecule has 37 heavy (non-hydrogen) atoms. The van der Waals surface area contributed by atoms with Crippen LogP contribution in [0.5, 0.6) is 6.01 Å². The summed E-state index contributed by atoms with van der Waals surface area (Å²) in [5.74, 6) is 1.92. The molecule has 0 amide bonds. The SMILES string of the molecule is COc1nc(N2CCO[C@H](CO)C2)cc(-n2ncc3cc(C)c(C4CCN(C5(C)COC5)CC4)cc32)n1. The lowest BCUT2D eigenvalue weighted by molar-refractivity contribution is -0.136. The van der Waals surface area contributed by atoms with E-state index < -0.39 is 0 Å². The van der Waals surface area contributed by atoms with Crippen molar-refractivity contribution in [2.24, 2.45) is 0 Å². The van der Waals surface area contributed by atoms with Gasteiger partial charge in [0.05, 0.1) is 56.9 Å². The minimum atomic E-state index is -0.236. The third-order valence-electron chi connectivity index (χ3n) is 8.22. The molecule has 6 rings (SSSR count). The van der Waals surface area contributed by atoms with Crippen molar-refractivity contribution in [3.05, 3.63) is 35.5 Å². The van der Waals surface area contributed by atoms with Crippen molar-refractivity contribution in [3.63, 3.8) is 0 Å². The number of morpholine rings is 1. The zero-order valence-corrected chi connectivity index (χ0v) is 21.9. The minimum Gasteiger partial charge on any atom is -0.467 e. The highest BCUT2D eigenvalue weighted by Gasteiger charge is 2.41. The first-order valence-electron chi connectivity index (χ1n) is 13.2. The Kier molecular flexibility index (Phi) is 6.52. The number of fused-ring (bicyclic) bond motifs is 1. The molecule has 1 atom stereocenters. The van der Waals surface area contributed by atoms with Crippen LogP contribution in [0, 0.1) is 6.92 Å². The normalized spacial score (nSPS) is 22.8. The summed E-state index contributed by atoms with van der Waals surface area (Å²) in [5, 5.41) is 15.4. The molecule has 0 radical (unpaired) electrons. The van der Waals surface area contributed by atoms with Crippen molar-refractivity contribution in [1.82, 2.24) is 24.6 Å². The number of hydrogen-bond donors (Lipinski definition) is 1. The molecule has 0 spiro atoms. The fourth-order valence-electron chi connectivity index (χ4n) is 5.94. The molecule has 3 aliphatic rings. The third kappa shape index (κ3) is 4.56. The second-order valence-corrected chi connectivity index (χ2v) is 10.8. The van der Waals surface area contributed by atoms with E-state index in [1.54, 1.807) is 7.11 Å². The molecule has 0 unspecified atom stereocenters. The number of ether oxygens (including phenoxy) is 3. The number of hydrogen-bond acceptors (Lipinski definition) is 9. The first-order chi connectivity index (χ1) is 18.0. The van der Waals surface area contributed by atoms with Crippen molar-refractivity contribution in [1.29, 1.82) is 0 Å². The summed E-state index contributed by atoms with van der Waals surface area (Å²) in [6.07, 6.45) is 3.95. The summed E-state index contributed by atoms with van der Waals surface area (Å²) in [6, 6.07) is 6.77. The standard InChI is InChI=1S/C27H36N6O4/c1-18-10-20-13-28-33(23(20)11-22(18)19-4-6-32(7-5-19)27(2)16-36-17-27)25-12-24(29-26(30-25)35-3)31-8-9-37-21(14-31)15-34/h10-13,19,21,34H,4-9,14-17H2,1-3H3/t21-/m0/s1. The van der Waals surface area contributed by atoms with Gasteiger partial charge in [-0.3, -0.25) is 4.90 Å². The van der Waals surface area contributed by atoms with Crippen LogP contribution in [0.3, 0.4) is 0 Å². The first-order valence-corrected chi connectivity index (χ1v) is 13.2. The van der Waals surface area contributed by atoms with Crippen LogP contribution in [0.2, 0.25) is 0 Å². The maximum atomic E-state index is 9.57. The first kappa shape index (κ1) is 24.5. The Morgan fingerprint density at radius 3 is 2.59 bits per heavy atom. The van der Waals surface area contributed by atoms with E-state index in [9.17, 15) is 5.11 Å². The monoisotopic (exact) mass is 508 g/mol. The molecule has 10 heteroatoms. The Bertz CT molecular complexity index is 1270. The largest absolute Gasteiger partial charge is 0.467 e. The van der Waals surface area contributed by atoms with Crippen LogP contribution in [0.1, 0.15) is 36.8 Å². The molecule has 0 bridgehead atoms. The highest BCUT2D eigenvalue weighted by atomic mass is 16.5. The smallest absolute Gasteiger partial charge is 0.320 e. The molecule has 3 saturated heterocycles. The Morgan fingerprint density at radius 2 is 1.89 bits per heavy atom. The van der Waals surface area contributed by atoms with Crippen LogP contribution < -0.4 is 9.64 Å². The predicted octanol–water partition coefficient (Wildman–Crippen LogP) is 2.30. The Balaban J connectivity index is 1.31. The number of aliphatic hydroxyl groups is 1. The number of nitrogens with zero attached hydrogens (tertiary/aromatic N) is 6. The lowest BCUT2D eigenvalue weighted by Crippen LogP contribution is -2.61. The zero-order valence-electron chi connectivity index (χ0n) is 21.9. The van der Waals surface area contributed by atoms with E-state index in [1.165, 1.54) is 11.1 Å². The van der Waals surface area contributed by atoms with Crippen molar-refractivity contribution >= 4 is 16.7 Å². The average Bonchev–Trinajstić information content (AvgIpc) is 3.33. The lowest BCUT2D eigenvalue weighted by atomic mass is 9.84. The van der Waals surface area contributed by atoms with Gasteiger partial charge in [0, 0.05) is 24.5 Å². The maximum absolute atomic E-state index is 9.57. The molecular formula is C27H36N6O4. The van der Waals surface area contributed by atoms with E-state index in [2.05, 4.69) is 45.7 Å². The molecule has 1 aromatic carbocycles. The van der Waals surface area contributed by atoms with Gasteiger partial charge < -0.3 is 24.2 Å². The molecule has 10 nitrogen and oxygen atoms in total. The van der Waals surface area contributed by atoms with Crippen LogP contribution in [0.25, 0.3) is 16.7 Å². The number of rotatable bonds is 6. The Labute approximate surface area is 217 Å². The number of aryl methyl sites for hydroxylation is 1. The molecule has 3 fully saturated rings. The minimum absolute atomic E-state index is 0.0244. The number of aliphatic hydroxyl groups excluding tert-OH is 1. The maximum Gasteiger partial charge on any atom is 0.320 e. The topological polar surface area (TPSA) is 98.0 Å². The summed E-state index contributed by atoms with van der Waals surface area (Å²) in [6.45, 7) is 10.2. The van der Waals surface area contributed by atoms with Gasteiger partial charge in [-0.2, -0.15) is 15.1 Å². The van der Waals surface area contributed by atoms with Gasteiger partial charge in [-0.05, 0) is 69.0 Å². The summed E-state index contributed by atoms with van der Waals surface area (Å²) in [7, 11) is 1.57. The van der Waals surface area contributed by atoms with Gasteiger partial charge in [0.2, 0.25) is 0 Å². The molecule has 0 aliphatic carbocycles. The van der Waals surface area contributed by atoms with E-state index >= 15 is 0 Å². The summed E-state index contributed by atoms with van der Waals surface area (Å²) in [5.41, 5.74) is 3.95. The highest BCUT2D eigenvalue weighted by Crippen LogP contribution is 2.37. The average molecular weight is 509 g/mol. The number of methoxy groups -OCH3 is 1. The van der Waals surface area contributed by atoms with E-state index in [-0.39, 0.29) is 24.3 Å².